The summed E-state index contributed by atoms with van der Waals surface area (Å²) in [6.45, 7) is 3.94. The Morgan fingerprint density at radius 2 is 1.10 bits per heavy atom. The van der Waals surface area contributed by atoms with Crippen LogP contribution in [0.4, 0.5) is 11.4 Å². The molecule has 2 aromatic carbocycles. The second-order valence-electron chi connectivity index (χ2n) is 4.43. The lowest BCUT2D eigenvalue weighted by molar-refractivity contribution is 1.05. The fraction of sp³-hybridized carbons (Fsp3) is 0.143. The van der Waals surface area contributed by atoms with Crippen LogP contribution in [0.2, 0.25) is 0 Å². The number of nitrogens with two attached hydrogens (primary N) is 2. The molecule has 2 aromatic rings. The smallest absolute Gasteiger partial charge is 0.0903 e. The SMILES string of the molecule is Cc1cc(-c2ccc(N=NN)c(C)c2)ccc1N=NN. The Bertz CT molecular complexity index is 616. The third-order valence-electron chi connectivity index (χ3n) is 3.06. The molecule has 0 aliphatic heterocycles. The predicted octanol–water partition coefficient (Wildman–Crippen LogP) is 3.89. The van der Waals surface area contributed by atoms with E-state index < -0.39 is 0 Å². The van der Waals surface area contributed by atoms with E-state index in [0.29, 0.717) is 0 Å². The first-order valence-electron chi connectivity index (χ1n) is 6.09. The molecule has 0 spiro atoms. The summed E-state index contributed by atoms with van der Waals surface area (Å²) in [5, 5.41) is 14.3. The molecule has 4 N–H and O–H groups in total. The van der Waals surface area contributed by atoms with Crippen molar-refractivity contribution in [2.24, 2.45) is 32.4 Å². The van der Waals surface area contributed by atoms with Crippen molar-refractivity contribution in [1.29, 1.82) is 0 Å². The minimum absolute atomic E-state index is 0.765. The Morgan fingerprint density at radius 3 is 1.40 bits per heavy atom. The number of hydrogen-bond acceptors (Lipinski definition) is 4. The Labute approximate surface area is 117 Å². The zero-order valence-electron chi connectivity index (χ0n) is 11.4. The van der Waals surface area contributed by atoms with Gasteiger partial charge in [0.2, 0.25) is 0 Å². The van der Waals surface area contributed by atoms with Crippen molar-refractivity contribution in [3.63, 3.8) is 0 Å². The van der Waals surface area contributed by atoms with Crippen molar-refractivity contribution in [1.82, 2.24) is 0 Å². The molecular weight excluding hydrogens is 252 g/mol. The van der Waals surface area contributed by atoms with Gasteiger partial charge in [-0.1, -0.05) is 22.6 Å². The maximum absolute atomic E-state index is 5.07. The van der Waals surface area contributed by atoms with E-state index in [-0.39, 0.29) is 0 Å². The Balaban J connectivity index is 2.42. The molecule has 6 nitrogen and oxygen atoms in total. The standard InChI is InChI=1S/C14H16N6/c1-9-7-11(3-5-13(9)17-19-15)12-4-6-14(18-20-16)10(2)8-12/h3-8H,1-2H3,(H2,15,17)(H2,16,18). The van der Waals surface area contributed by atoms with Gasteiger partial charge in [-0.2, -0.15) is 0 Å². The van der Waals surface area contributed by atoms with Crippen LogP contribution in [0.15, 0.2) is 57.1 Å². The number of nitrogens with zero attached hydrogens (tertiary/aromatic N) is 4. The van der Waals surface area contributed by atoms with E-state index in [1.54, 1.807) is 0 Å². The van der Waals surface area contributed by atoms with Gasteiger partial charge in [0.25, 0.3) is 0 Å². The van der Waals surface area contributed by atoms with Gasteiger partial charge in [-0.15, -0.1) is 10.2 Å². The van der Waals surface area contributed by atoms with E-state index in [2.05, 4.69) is 20.7 Å². The van der Waals surface area contributed by atoms with Crippen molar-refractivity contribution >= 4 is 11.4 Å². The number of aryl methyl sites for hydroxylation is 2. The van der Waals surface area contributed by atoms with Crippen LogP contribution in [0.25, 0.3) is 11.1 Å². The van der Waals surface area contributed by atoms with E-state index in [4.69, 9.17) is 11.7 Å². The summed E-state index contributed by atoms with van der Waals surface area (Å²) in [5.41, 5.74) is 5.75. The van der Waals surface area contributed by atoms with Crippen molar-refractivity contribution in [3.05, 3.63) is 47.5 Å². The van der Waals surface area contributed by atoms with Crippen LogP contribution in [-0.4, -0.2) is 0 Å². The average Bonchev–Trinajstić information content (AvgIpc) is 2.44. The fourth-order valence-corrected chi connectivity index (χ4v) is 2.02. The third-order valence-corrected chi connectivity index (χ3v) is 3.06. The summed E-state index contributed by atoms with van der Waals surface area (Å²) in [7, 11) is 0. The van der Waals surface area contributed by atoms with Gasteiger partial charge in [0.05, 0.1) is 11.4 Å². The van der Waals surface area contributed by atoms with Crippen LogP contribution >= 0.6 is 0 Å². The Morgan fingerprint density at radius 1 is 0.700 bits per heavy atom. The molecule has 0 heterocycles. The number of hydrogen-bond donors (Lipinski definition) is 2. The molecule has 0 saturated carbocycles. The van der Waals surface area contributed by atoms with E-state index in [9.17, 15) is 0 Å². The van der Waals surface area contributed by atoms with Gasteiger partial charge >= 0.3 is 0 Å². The number of benzene rings is 2. The highest BCUT2D eigenvalue weighted by Crippen LogP contribution is 2.29. The second-order valence-corrected chi connectivity index (χ2v) is 4.43. The first-order chi connectivity index (χ1) is 9.65. The fourth-order valence-electron chi connectivity index (χ4n) is 2.02. The zero-order chi connectivity index (χ0) is 14.5. The van der Waals surface area contributed by atoms with Gasteiger partial charge < -0.3 is 11.7 Å². The highest BCUT2D eigenvalue weighted by molar-refractivity contribution is 5.70. The molecule has 2 rings (SSSR count). The highest BCUT2D eigenvalue weighted by Gasteiger charge is 2.04. The van der Waals surface area contributed by atoms with Crippen LogP contribution in [0, 0.1) is 13.8 Å². The average molecular weight is 268 g/mol. The molecule has 0 aliphatic rings. The molecule has 20 heavy (non-hydrogen) atoms. The van der Waals surface area contributed by atoms with E-state index >= 15 is 0 Å². The number of rotatable bonds is 3. The van der Waals surface area contributed by atoms with Crippen LogP contribution < -0.4 is 11.7 Å². The van der Waals surface area contributed by atoms with Crippen molar-refractivity contribution in [3.8, 4) is 11.1 Å². The minimum atomic E-state index is 0.765. The van der Waals surface area contributed by atoms with Crippen molar-refractivity contribution in [2.75, 3.05) is 0 Å². The Kier molecular flexibility index (Phi) is 4.05. The highest BCUT2D eigenvalue weighted by atomic mass is 15.3. The van der Waals surface area contributed by atoms with Crippen molar-refractivity contribution in [2.45, 2.75) is 13.8 Å². The molecule has 0 radical (unpaired) electrons. The molecule has 0 unspecified atom stereocenters. The molecule has 102 valence electrons. The largest absolute Gasteiger partial charge is 0.305 e. The third kappa shape index (κ3) is 2.80. The monoisotopic (exact) mass is 268 g/mol. The normalized spacial score (nSPS) is 11.5. The van der Waals surface area contributed by atoms with Crippen LogP contribution in [0.5, 0.6) is 0 Å². The lowest BCUT2D eigenvalue weighted by atomic mass is 10.0. The van der Waals surface area contributed by atoms with E-state index in [1.165, 1.54) is 0 Å². The van der Waals surface area contributed by atoms with E-state index in [0.717, 1.165) is 33.6 Å². The lowest BCUT2D eigenvalue weighted by Crippen LogP contribution is -1.84. The molecule has 0 atom stereocenters. The molecule has 0 fully saturated rings. The predicted molar refractivity (Wildman–Crippen MR) is 78.8 cm³/mol. The lowest BCUT2D eigenvalue weighted by Gasteiger charge is -2.07. The maximum Gasteiger partial charge on any atom is 0.0903 e. The first-order valence-corrected chi connectivity index (χ1v) is 6.09. The van der Waals surface area contributed by atoms with Crippen LogP contribution in [-0.2, 0) is 0 Å². The first kappa shape index (κ1) is 13.7. The summed E-state index contributed by atoms with van der Waals surface area (Å²) in [5.74, 6) is 10.1. The van der Waals surface area contributed by atoms with E-state index in [1.807, 2.05) is 50.2 Å². The van der Waals surface area contributed by atoms with Crippen molar-refractivity contribution < 1.29 is 0 Å². The summed E-state index contributed by atoms with van der Waals surface area (Å²) >= 11 is 0. The Hall–Kier alpha value is -2.76. The second kappa shape index (κ2) is 5.92. The molecular formula is C14H16N6. The summed E-state index contributed by atoms with van der Waals surface area (Å²) < 4.78 is 0. The molecule has 0 aromatic heterocycles. The zero-order valence-corrected chi connectivity index (χ0v) is 11.4. The molecule has 0 aliphatic carbocycles. The molecule has 0 bridgehead atoms. The van der Waals surface area contributed by atoms with Gasteiger partial charge in [-0.05, 0) is 60.4 Å². The molecule has 0 saturated heterocycles. The topological polar surface area (TPSA) is 101 Å². The summed E-state index contributed by atoms with van der Waals surface area (Å²) in [6, 6.07) is 11.8. The van der Waals surface area contributed by atoms with Gasteiger partial charge in [0, 0.05) is 0 Å². The minimum Gasteiger partial charge on any atom is -0.305 e. The molecule has 6 heteroatoms. The van der Waals surface area contributed by atoms with Gasteiger partial charge in [-0.3, -0.25) is 0 Å². The summed E-state index contributed by atoms with van der Waals surface area (Å²) in [6.07, 6.45) is 0. The van der Waals surface area contributed by atoms with Crippen LogP contribution in [0.3, 0.4) is 0 Å². The van der Waals surface area contributed by atoms with Gasteiger partial charge in [0.1, 0.15) is 0 Å². The summed E-state index contributed by atoms with van der Waals surface area (Å²) in [4.78, 5) is 0. The van der Waals surface area contributed by atoms with Gasteiger partial charge in [-0.25, -0.2) is 0 Å². The quantitative estimate of drug-likeness (QED) is 0.501. The molecule has 0 amide bonds. The maximum atomic E-state index is 5.07. The van der Waals surface area contributed by atoms with Gasteiger partial charge in [0.15, 0.2) is 0 Å². The van der Waals surface area contributed by atoms with Crippen LogP contribution in [0.1, 0.15) is 11.1 Å².